The molecule has 0 atom stereocenters. The lowest BCUT2D eigenvalue weighted by molar-refractivity contribution is 0.495. The molecule has 5 rings (SSSR count). The summed E-state index contributed by atoms with van der Waals surface area (Å²) in [5.41, 5.74) is 8.92. The fourth-order valence-electron chi connectivity index (χ4n) is 3.66. The summed E-state index contributed by atoms with van der Waals surface area (Å²) >= 11 is 3.55. The third-order valence-electron chi connectivity index (χ3n) is 5.32. The minimum atomic E-state index is 0.253. The Labute approximate surface area is 182 Å². The van der Waals surface area contributed by atoms with Crippen LogP contribution in [-0.2, 0) is 6.54 Å². The number of aromatic nitrogens is 6. The lowest BCUT2D eigenvalue weighted by atomic mass is 10.1. The molecule has 1 aliphatic rings. The zero-order valence-corrected chi connectivity index (χ0v) is 17.9. The predicted molar refractivity (Wildman–Crippen MR) is 119 cm³/mol. The van der Waals surface area contributed by atoms with Crippen LogP contribution in [0.3, 0.4) is 0 Å². The van der Waals surface area contributed by atoms with Gasteiger partial charge in [0, 0.05) is 38.1 Å². The highest BCUT2D eigenvalue weighted by atomic mass is 79.9. The van der Waals surface area contributed by atoms with Gasteiger partial charge in [-0.25, -0.2) is 4.68 Å². The fourth-order valence-corrected chi connectivity index (χ4v) is 4.01. The normalized spacial score (nSPS) is 15.1. The number of nitrogens with two attached hydrogens (primary N) is 1. The van der Waals surface area contributed by atoms with Crippen molar-refractivity contribution in [3.05, 3.63) is 59.0 Å². The zero-order valence-electron chi connectivity index (χ0n) is 16.3. The molecule has 154 valence electrons. The second-order valence-electron chi connectivity index (χ2n) is 7.33. The van der Waals surface area contributed by atoms with Crippen molar-refractivity contribution < 1.29 is 0 Å². The van der Waals surface area contributed by atoms with Crippen molar-refractivity contribution in [2.45, 2.75) is 25.4 Å². The Morgan fingerprint density at radius 3 is 2.73 bits per heavy atom. The fraction of sp³-hybridized carbons (Fsp3) is 0.300. The topological polar surface area (TPSA) is 102 Å². The van der Waals surface area contributed by atoms with E-state index in [9.17, 15) is 0 Å². The molecule has 3 N–H and O–H groups in total. The number of piperidine rings is 1. The first-order valence-corrected chi connectivity index (χ1v) is 10.7. The number of nitrogens with one attached hydrogen (secondary N) is 1. The van der Waals surface area contributed by atoms with Gasteiger partial charge in [0.25, 0.3) is 0 Å². The molecule has 9 nitrogen and oxygen atoms in total. The van der Waals surface area contributed by atoms with E-state index < -0.39 is 0 Å². The zero-order chi connectivity index (χ0) is 20.5. The van der Waals surface area contributed by atoms with E-state index in [1.807, 2.05) is 35.1 Å². The summed E-state index contributed by atoms with van der Waals surface area (Å²) in [5.74, 6) is 1.34. The van der Waals surface area contributed by atoms with Crippen molar-refractivity contribution in [1.82, 2.24) is 29.4 Å². The molecule has 10 heteroatoms. The van der Waals surface area contributed by atoms with E-state index in [2.05, 4.69) is 42.4 Å². The van der Waals surface area contributed by atoms with Crippen molar-refractivity contribution in [1.29, 1.82) is 0 Å². The molecule has 0 radical (unpaired) electrons. The van der Waals surface area contributed by atoms with Crippen molar-refractivity contribution in [2.24, 2.45) is 5.73 Å². The summed E-state index contributed by atoms with van der Waals surface area (Å²) in [6.45, 7) is 2.28. The monoisotopic (exact) mass is 467 g/mol. The van der Waals surface area contributed by atoms with Crippen LogP contribution in [0.25, 0.3) is 11.3 Å². The summed E-state index contributed by atoms with van der Waals surface area (Å²) in [5, 5.41) is 12.2. The largest absolute Gasteiger partial charge is 0.350 e. The summed E-state index contributed by atoms with van der Waals surface area (Å²) in [7, 11) is 0. The molecule has 1 aliphatic heterocycles. The molecule has 0 aliphatic carbocycles. The summed E-state index contributed by atoms with van der Waals surface area (Å²) in [6.07, 6.45) is 7.33. The Balaban J connectivity index is 1.46. The average Bonchev–Trinajstić information content (AvgIpc) is 3.43. The summed E-state index contributed by atoms with van der Waals surface area (Å²) in [6, 6.07) is 10.3. The Morgan fingerprint density at radius 1 is 1.10 bits per heavy atom. The molecule has 1 saturated heterocycles. The maximum absolute atomic E-state index is 6.06. The van der Waals surface area contributed by atoms with E-state index in [1.54, 1.807) is 16.9 Å². The van der Waals surface area contributed by atoms with E-state index in [-0.39, 0.29) is 6.04 Å². The number of para-hydroxylation sites is 1. The van der Waals surface area contributed by atoms with E-state index >= 15 is 0 Å². The van der Waals surface area contributed by atoms with Crippen LogP contribution in [0, 0.1) is 0 Å². The van der Waals surface area contributed by atoms with E-state index in [4.69, 9.17) is 15.7 Å². The van der Waals surface area contributed by atoms with Gasteiger partial charge in [0.15, 0.2) is 5.65 Å². The maximum Gasteiger partial charge on any atom is 0.230 e. The molecule has 1 fully saturated rings. The molecule has 30 heavy (non-hydrogen) atoms. The van der Waals surface area contributed by atoms with Crippen LogP contribution >= 0.6 is 15.9 Å². The molecule has 0 amide bonds. The Kier molecular flexibility index (Phi) is 5.09. The number of anilines is 2. The second-order valence-corrected chi connectivity index (χ2v) is 8.19. The highest BCUT2D eigenvalue weighted by Crippen LogP contribution is 2.24. The van der Waals surface area contributed by atoms with Crippen LogP contribution in [0.5, 0.6) is 0 Å². The SMILES string of the molecule is NC1CCN(c2nc(NCc3ccccc3-n3cccn3)n3ncc(Br)c3n2)CC1. The molecule has 0 bridgehead atoms. The lowest BCUT2D eigenvalue weighted by Crippen LogP contribution is -2.40. The highest BCUT2D eigenvalue weighted by Gasteiger charge is 2.21. The van der Waals surface area contributed by atoms with Crippen molar-refractivity contribution in [3.8, 4) is 5.69 Å². The first-order chi connectivity index (χ1) is 14.7. The number of rotatable bonds is 5. The van der Waals surface area contributed by atoms with Gasteiger partial charge in [0.1, 0.15) is 0 Å². The van der Waals surface area contributed by atoms with E-state index in [0.29, 0.717) is 18.4 Å². The van der Waals surface area contributed by atoms with Crippen LogP contribution in [0.15, 0.2) is 53.4 Å². The van der Waals surface area contributed by atoms with Gasteiger partial charge in [-0.3, -0.25) is 0 Å². The Bertz CT molecular complexity index is 1150. The van der Waals surface area contributed by atoms with Gasteiger partial charge < -0.3 is 16.0 Å². The second kappa shape index (κ2) is 8.04. The third-order valence-corrected chi connectivity index (χ3v) is 5.87. The van der Waals surface area contributed by atoms with Crippen LogP contribution in [0.1, 0.15) is 18.4 Å². The van der Waals surface area contributed by atoms with Gasteiger partial charge >= 0.3 is 0 Å². The first kappa shape index (κ1) is 19.0. The molecule has 4 aromatic rings. The minimum absolute atomic E-state index is 0.253. The molecule has 0 saturated carbocycles. The molecule has 4 heterocycles. The molecule has 0 spiro atoms. The molecule has 0 unspecified atom stereocenters. The summed E-state index contributed by atoms with van der Waals surface area (Å²) < 4.78 is 4.42. The van der Waals surface area contributed by atoms with Crippen LogP contribution in [0.4, 0.5) is 11.9 Å². The molecular formula is C20H22BrN9. The van der Waals surface area contributed by atoms with Crippen LogP contribution in [0.2, 0.25) is 0 Å². The number of benzene rings is 1. The van der Waals surface area contributed by atoms with Gasteiger partial charge in [-0.15, -0.1) is 0 Å². The Morgan fingerprint density at radius 2 is 1.93 bits per heavy atom. The Hall–Kier alpha value is -2.98. The quantitative estimate of drug-likeness (QED) is 0.464. The van der Waals surface area contributed by atoms with Gasteiger partial charge in [0.2, 0.25) is 11.9 Å². The third kappa shape index (κ3) is 3.63. The van der Waals surface area contributed by atoms with Crippen molar-refractivity contribution in [2.75, 3.05) is 23.3 Å². The van der Waals surface area contributed by atoms with Crippen LogP contribution < -0.4 is 16.0 Å². The number of halogens is 1. The standard InChI is InChI=1S/C20H22BrN9/c21-16-13-25-30-18(16)26-20(28-10-6-15(22)7-11-28)27-19(30)23-12-14-4-1-2-5-17(14)29-9-3-8-24-29/h1-5,8-9,13,15H,6-7,10-12,22H2,(H,23,26,27). The van der Waals surface area contributed by atoms with Crippen molar-refractivity contribution in [3.63, 3.8) is 0 Å². The average molecular weight is 468 g/mol. The molecule has 3 aromatic heterocycles. The molecule has 1 aromatic carbocycles. The number of nitrogens with zero attached hydrogens (tertiary/aromatic N) is 7. The van der Waals surface area contributed by atoms with Gasteiger partial charge in [0.05, 0.1) is 16.4 Å². The minimum Gasteiger partial charge on any atom is -0.350 e. The van der Waals surface area contributed by atoms with E-state index in [1.165, 1.54) is 0 Å². The van der Waals surface area contributed by atoms with Crippen molar-refractivity contribution >= 4 is 33.5 Å². The van der Waals surface area contributed by atoms with Gasteiger partial charge in [-0.05, 0) is 46.5 Å². The van der Waals surface area contributed by atoms with E-state index in [0.717, 1.165) is 47.3 Å². The first-order valence-electron chi connectivity index (χ1n) is 9.92. The van der Waals surface area contributed by atoms with Gasteiger partial charge in [-0.2, -0.15) is 24.7 Å². The summed E-state index contributed by atoms with van der Waals surface area (Å²) in [4.78, 5) is 11.7. The number of fused-ring (bicyclic) bond motifs is 1. The maximum atomic E-state index is 6.06. The predicted octanol–water partition coefficient (Wildman–Crippen LogP) is 2.61. The number of hydrogen-bond acceptors (Lipinski definition) is 7. The highest BCUT2D eigenvalue weighted by molar-refractivity contribution is 9.10. The lowest BCUT2D eigenvalue weighted by Gasteiger charge is -2.30. The van der Waals surface area contributed by atoms with Gasteiger partial charge in [-0.1, -0.05) is 18.2 Å². The smallest absolute Gasteiger partial charge is 0.230 e. The molecular weight excluding hydrogens is 446 g/mol. The number of hydrogen-bond donors (Lipinski definition) is 2. The van der Waals surface area contributed by atoms with Crippen LogP contribution in [-0.4, -0.2) is 48.5 Å².